The predicted molar refractivity (Wildman–Crippen MR) is 131 cm³/mol. The number of anilines is 2. The van der Waals surface area contributed by atoms with Gasteiger partial charge in [0.05, 0.1) is 12.2 Å². The van der Waals surface area contributed by atoms with E-state index in [1.807, 2.05) is 4.90 Å². The number of benzene rings is 1. The van der Waals surface area contributed by atoms with Gasteiger partial charge < -0.3 is 25.0 Å². The van der Waals surface area contributed by atoms with Crippen LogP contribution in [0.3, 0.4) is 0 Å². The first-order valence-corrected chi connectivity index (χ1v) is 11.9. The molecule has 1 unspecified atom stereocenters. The largest absolute Gasteiger partial charge is 0.456 e. The van der Waals surface area contributed by atoms with Gasteiger partial charge in [0.25, 0.3) is 5.91 Å². The summed E-state index contributed by atoms with van der Waals surface area (Å²) in [5.74, 6) is -1.01. The summed E-state index contributed by atoms with van der Waals surface area (Å²) >= 11 is 0. The molecule has 2 fully saturated rings. The van der Waals surface area contributed by atoms with Gasteiger partial charge in [-0.3, -0.25) is 19.3 Å². The summed E-state index contributed by atoms with van der Waals surface area (Å²) in [4.78, 5) is 55.7. The molecule has 1 atom stereocenters. The van der Waals surface area contributed by atoms with E-state index in [0.717, 1.165) is 0 Å². The van der Waals surface area contributed by atoms with Crippen LogP contribution in [0.25, 0.3) is 11.1 Å². The Morgan fingerprint density at radius 1 is 1.16 bits per heavy atom. The molecule has 2 aliphatic heterocycles. The molecule has 12 heteroatoms. The molecule has 1 aromatic carbocycles. The van der Waals surface area contributed by atoms with Crippen molar-refractivity contribution in [3.63, 3.8) is 0 Å². The minimum Gasteiger partial charge on any atom is -0.456 e. The second-order valence-corrected chi connectivity index (χ2v) is 8.84. The standard InChI is InChI=1S/C25H28FN5O6/c1-16(32)36-15-24(34)30-10-8-29(9-11-30)23-7-2-17(13-28-23)20-5-3-18(12-21(20)26)31-14-19(37-25(31)35)4-6-22(27)33/h2-3,5,7,12-13,19H,4,6,8-11,14-15H2,1H3,(H2,27,33). The van der Waals surface area contributed by atoms with Crippen molar-refractivity contribution in [1.82, 2.24) is 9.88 Å². The fourth-order valence-corrected chi connectivity index (χ4v) is 4.26. The zero-order valence-corrected chi connectivity index (χ0v) is 20.4. The van der Waals surface area contributed by atoms with Crippen molar-refractivity contribution >= 4 is 35.4 Å². The number of carbonyl (C=O) groups is 4. The normalized spacial score (nSPS) is 17.5. The Labute approximate surface area is 212 Å². The fraction of sp³-hybridized carbons (Fsp3) is 0.400. The summed E-state index contributed by atoms with van der Waals surface area (Å²) in [5, 5.41) is 0. The number of nitrogens with zero attached hydrogens (tertiary/aromatic N) is 4. The smallest absolute Gasteiger partial charge is 0.414 e. The van der Waals surface area contributed by atoms with Crippen LogP contribution in [0.5, 0.6) is 0 Å². The number of aromatic nitrogens is 1. The van der Waals surface area contributed by atoms with Crippen LogP contribution in [-0.4, -0.2) is 79.2 Å². The zero-order chi connectivity index (χ0) is 26.5. The molecular weight excluding hydrogens is 485 g/mol. The summed E-state index contributed by atoms with van der Waals surface area (Å²) in [5.41, 5.74) is 6.42. The van der Waals surface area contributed by atoms with Crippen molar-refractivity contribution in [3.05, 3.63) is 42.3 Å². The monoisotopic (exact) mass is 513 g/mol. The molecule has 0 bridgehead atoms. The molecule has 0 aliphatic carbocycles. The maximum absolute atomic E-state index is 15.0. The van der Waals surface area contributed by atoms with Crippen molar-refractivity contribution in [1.29, 1.82) is 0 Å². The molecule has 2 aromatic rings. The van der Waals surface area contributed by atoms with Gasteiger partial charge in [-0.05, 0) is 36.8 Å². The first-order chi connectivity index (χ1) is 17.7. The molecule has 0 saturated carbocycles. The summed E-state index contributed by atoms with van der Waals surface area (Å²) in [6.07, 6.45) is 0.923. The number of ether oxygens (including phenoxy) is 2. The quantitative estimate of drug-likeness (QED) is 0.527. The van der Waals surface area contributed by atoms with Crippen LogP contribution in [-0.2, 0) is 23.9 Å². The van der Waals surface area contributed by atoms with Crippen molar-refractivity contribution in [2.75, 3.05) is 49.1 Å². The second kappa shape index (κ2) is 11.2. The number of rotatable bonds is 8. The SMILES string of the molecule is CC(=O)OCC(=O)N1CCN(c2ccc(-c3ccc(N4CC(CCC(N)=O)OC4=O)cc3F)cn2)CC1. The molecule has 1 aromatic heterocycles. The van der Waals surface area contributed by atoms with Gasteiger partial charge in [-0.2, -0.15) is 0 Å². The number of hydrogen-bond donors (Lipinski definition) is 1. The highest BCUT2D eigenvalue weighted by molar-refractivity contribution is 5.90. The van der Waals surface area contributed by atoms with Gasteiger partial charge in [-0.1, -0.05) is 0 Å². The van der Waals surface area contributed by atoms with Crippen LogP contribution in [0.4, 0.5) is 20.7 Å². The number of hydrogen-bond acceptors (Lipinski definition) is 8. The van der Waals surface area contributed by atoms with Crippen LogP contribution >= 0.6 is 0 Å². The van der Waals surface area contributed by atoms with Crippen molar-refractivity contribution < 1.29 is 33.0 Å². The Bertz CT molecular complexity index is 1180. The van der Waals surface area contributed by atoms with E-state index in [9.17, 15) is 19.2 Å². The number of piperazine rings is 1. The van der Waals surface area contributed by atoms with E-state index in [0.29, 0.717) is 55.2 Å². The number of esters is 1. The number of primary amides is 1. The van der Waals surface area contributed by atoms with Gasteiger partial charge >= 0.3 is 12.1 Å². The Balaban J connectivity index is 1.36. The molecule has 0 spiro atoms. The lowest BCUT2D eigenvalue weighted by Crippen LogP contribution is -2.50. The number of carbonyl (C=O) groups excluding carboxylic acids is 4. The molecule has 0 radical (unpaired) electrons. The van der Waals surface area contributed by atoms with E-state index >= 15 is 4.39 Å². The summed E-state index contributed by atoms with van der Waals surface area (Å²) in [7, 11) is 0. The molecule has 196 valence electrons. The van der Waals surface area contributed by atoms with Crippen molar-refractivity contribution in [2.45, 2.75) is 25.9 Å². The Morgan fingerprint density at radius 2 is 1.92 bits per heavy atom. The lowest BCUT2D eigenvalue weighted by atomic mass is 10.1. The molecule has 2 N–H and O–H groups in total. The minimum absolute atomic E-state index is 0.103. The second-order valence-electron chi connectivity index (χ2n) is 8.84. The lowest BCUT2D eigenvalue weighted by Gasteiger charge is -2.35. The third-order valence-corrected chi connectivity index (χ3v) is 6.27. The van der Waals surface area contributed by atoms with Gasteiger partial charge in [-0.15, -0.1) is 0 Å². The van der Waals surface area contributed by atoms with E-state index in [-0.39, 0.29) is 25.5 Å². The molecule has 11 nitrogen and oxygen atoms in total. The van der Waals surface area contributed by atoms with Crippen LogP contribution < -0.4 is 15.5 Å². The highest BCUT2D eigenvalue weighted by atomic mass is 19.1. The molecule has 37 heavy (non-hydrogen) atoms. The number of cyclic esters (lactones) is 1. The molecule has 3 amide bonds. The third kappa shape index (κ3) is 6.32. The van der Waals surface area contributed by atoms with E-state index in [1.165, 1.54) is 17.9 Å². The maximum Gasteiger partial charge on any atom is 0.414 e. The van der Waals surface area contributed by atoms with E-state index < -0.39 is 29.9 Å². The first-order valence-electron chi connectivity index (χ1n) is 11.9. The van der Waals surface area contributed by atoms with Crippen LogP contribution in [0, 0.1) is 5.82 Å². The highest BCUT2D eigenvalue weighted by Gasteiger charge is 2.32. The van der Waals surface area contributed by atoms with Crippen LogP contribution in [0.15, 0.2) is 36.5 Å². The van der Waals surface area contributed by atoms with Gasteiger partial charge in [0.2, 0.25) is 5.91 Å². The Kier molecular flexibility index (Phi) is 7.85. The fourth-order valence-electron chi connectivity index (χ4n) is 4.26. The zero-order valence-electron chi connectivity index (χ0n) is 20.4. The lowest BCUT2D eigenvalue weighted by molar-refractivity contribution is -0.150. The Hall–Kier alpha value is -4.22. The average molecular weight is 514 g/mol. The number of pyridine rings is 1. The molecular formula is C25H28FN5O6. The molecule has 2 aliphatic rings. The van der Waals surface area contributed by atoms with E-state index in [1.54, 1.807) is 35.4 Å². The van der Waals surface area contributed by atoms with E-state index in [2.05, 4.69) is 4.98 Å². The molecule has 2 saturated heterocycles. The summed E-state index contributed by atoms with van der Waals surface area (Å²) in [6, 6.07) is 8.05. The predicted octanol–water partition coefficient (Wildman–Crippen LogP) is 1.69. The number of nitrogens with two attached hydrogens (primary N) is 1. The van der Waals surface area contributed by atoms with Crippen LogP contribution in [0.2, 0.25) is 0 Å². The Morgan fingerprint density at radius 3 is 2.54 bits per heavy atom. The maximum atomic E-state index is 15.0. The molecule has 3 heterocycles. The van der Waals surface area contributed by atoms with Gasteiger partial charge in [0, 0.05) is 56.8 Å². The van der Waals surface area contributed by atoms with Gasteiger partial charge in [-0.25, -0.2) is 14.2 Å². The average Bonchev–Trinajstić information content (AvgIpc) is 3.26. The summed E-state index contributed by atoms with van der Waals surface area (Å²) in [6.45, 7) is 3.28. The summed E-state index contributed by atoms with van der Waals surface area (Å²) < 4.78 is 25.0. The topological polar surface area (TPSA) is 135 Å². The van der Waals surface area contributed by atoms with Gasteiger partial charge in [0.1, 0.15) is 17.7 Å². The van der Waals surface area contributed by atoms with Crippen molar-refractivity contribution in [2.24, 2.45) is 5.73 Å². The highest BCUT2D eigenvalue weighted by Crippen LogP contribution is 2.30. The number of halogens is 1. The number of amides is 3. The van der Waals surface area contributed by atoms with E-state index in [4.69, 9.17) is 15.2 Å². The van der Waals surface area contributed by atoms with Gasteiger partial charge in [0.15, 0.2) is 6.61 Å². The minimum atomic E-state index is -0.596. The third-order valence-electron chi connectivity index (χ3n) is 6.27. The molecule has 4 rings (SSSR count). The van der Waals surface area contributed by atoms with Crippen LogP contribution in [0.1, 0.15) is 19.8 Å². The van der Waals surface area contributed by atoms with Crippen molar-refractivity contribution in [3.8, 4) is 11.1 Å². The first kappa shape index (κ1) is 25.9.